The number of ether oxygens (including phenoxy) is 1. The van der Waals surface area contributed by atoms with E-state index < -0.39 is 0 Å². The standard InChI is InChI=1S/C19H25N5O2.HI/c1-20-18(25)15-7-4-6-14(12-15)10-11-22-19(21-2)23-13-16-8-5-9-17(24-16)26-3;/h4-9,12H,10-11,13H2,1-3H3,(H,20,25)(H2,21,22,23);1H. The normalized spacial score (nSPS) is 10.6. The largest absolute Gasteiger partial charge is 0.481 e. The number of carbonyl (C=O) groups is 1. The highest BCUT2D eigenvalue weighted by Crippen LogP contribution is 2.07. The molecule has 0 aliphatic heterocycles. The predicted molar refractivity (Wildman–Crippen MR) is 118 cm³/mol. The maximum Gasteiger partial charge on any atom is 0.251 e. The van der Waals surface area contributed by atoms with Crippen LogP contribution >= 0.6 is 24.0 Å². The van der Waals surface area contributed by atoms with Crippen LogP contribution in [0, 0.1) is 0 Å². The van der Waals surface area contributed by atoms with Crippen LogP contribution in [-0.4, -0.2) is 44.6 Å². The lowest BCUT2D eigenvalue weighted by Gasteiger charge is -2.12. The molecule has 0 saturated carbocycles. The average Bonchev–Trinajstić information content (AvgIpc) is 2.70. The number of benzene rings is 1. The molecule has 2 rings (SSSR count). The lowest BCUT2D eigenvalue weighted by molar-refractivity contribution is 0.0963. The molecular formula is C19H26IN5O2. The van der Waals surface area contributed by atoms with Gasteiger partial charge in [0.15, 0.2) is 5.96 Å². The van der Waals surface area contributed by atoms with Crippen molar-refractivity contribution in [3.63, 3.8) is 0 Å². The van der Waals surface area contributed by atoms with Crippen LogP contribution in [0.25, 0.3) is 0 Å². The van der Waals surface area contributed by atoms with Crippen molar-refractivity contribution in [3.05, 3.63) is 59.3 Å². The van der Waals surface area contributed by atoms with E-state index >= 15 is 0 Å². The van der Waals surface area contributed by atoms with Gasteiger partial charge in [0, 0.05) is 32.3 Å². The molecule has 1 aromatic heterocycles. The number of pyridine rings is 1. The minimum Gasteiger partial charge on any atom is -0.481 e. The summed E-state index contributed by atoms with van der Waals surface area (Å²) < 4.78 is 5.12. The van der Waals surface area contributed by atoms with Crippen molar-refractivity contribution in [2.45, 2.75) is 13.0 Å². The third-order valence-corrected chi connectivity index (χ3v) is 3.77. The summed E-state index contributed by atoms with van der Waals surface area (Å²) in [5.41, 5.74) is 2.62. The summed E-state index contributed by atoms with van der Waals surface area (Å²) in [6, 6.07) is 13.2. The number of methoxy groups -OCH3 is 1. The Morgan fingerprint density at radius 3 is 2.67 bits per heavy atom. The van der Waals surface area contributed by atoms with Crippen LogP contribution in [0.3, 0.4) is 0 Å². The number of aromatic nitrogens is 1. The zero-order valence-electron chi connectivity index (χ0n) is 15.8. The van der Waals surface area contributed by atoms with Crippen LogP contribution < -0.4 is 20.7 Å². The van der Waals surface area contributed by atoms with E-state index in [1.54, 1.807) is 27.3 Å². The molecule has 0 radical (unpaired) electrons. The van der Waals surface area contributed by atoms with Gasteiger partial charge in [0.2, 0.25) is 5.88 Å². The molecule has 0 bridgehead atoms. The molecule has 0 unspecified atom stereocenters. The summed E-state index contributed by atoms with van der Waals surface area (Å²) >= 11 is 0. The van der Waals surface area contributed by atoms with Gasteiger partial charge in [-0.2, -0.15) is 0 Å². The van der Waals surface area contributed by atoms with Gasteiger partial charge in [0.05, 0.1) is 19.3 Å². The number of carbonyl (C=O) groups excluding carboxylic acids is 1. The Kier molecular flexibility index (Phi) is 10.2. The van der Waals surface area contributed by atoms with Gasteiger partial charge in [-0.15, -0.1) is 24.0 Å². The molecule has 1 aromatic carbocycles. The molecule has 27 heavy (non-hydrogen) atoms. The Labute approximate surface area is 177 Å². The fourth-order valence-corrected chi connectivity index (χ4v) is 2.40. The van der Waals surface area contributed by atoms with Gasteiger partial charge in [-0.3, -0.25) is 9.79 Å². The van der Waals surface area contributed by atoms with E-state index in [4.69, 9.17) is 4.74 Å². The summed E-state index contributed by atoms with van der Waals surface area (Å²) in [6.07, 6.45) is 0.781. The molecule has 3 N–H and O–H groups in total. The van der Waals surface area contributed by atoms with Crippen molar-refractivity contribution >= 4 is 35.8 Å². The van der Waals surface area contributed by atoms with Gasteiger partial charge in [-0.25, -0.2) is 4.98 Å². The summed E-state index contributed by atoms with van der Waals surface area (Å²) in [6.45, 7) is 1.24. The van der Waals surface area contributed by atoms with Crippen LogP contribution in [0.15, 0.2) is 47.5 Å². The Morgan fingerprint density at radius 1 is 1.19 bits per heavy atom. The van der Waals surface area contributed by atoms with E-state index in [9.17, 15) is 4.79 Å². The number of hydrogen-bond donors (Lipinski definition) is 3. The molecule has 0 aliphatic carbocycles. The first-order valence-corrected chi connectivity index (χ1v) is 8.41. The fourth-order valence-electron chi connectivity index (χ4n) is 2.40. The van der Waals surface area contributed by atoms with Crippen LogP contribution in [0.5, 0.6) is 5.88 Å². The van der Waals surface area contributed by atoms with E-state index in [0.29, 0.717) is 30.5 Å². The fraction of sp³-hybridized carbons (Fsp3) is 0.316. The van der Waals surface area contributed by atoms with Gasteiger partial charge in [0.1, 0.15) is 0 Å². The van der Waals surface area contributed by atoms with Crippen molar-refractivity contribution in [2.75, 3.05) is 27.7 Å². The summed E-state index contributed by atoms with van der Waals surface area (Å²) in [5.74, 6) is 1.20. The molecular weight excluding hydrogens is 457 g/mol. The van der Waals surface area contributed by atoms with Crippen LogP contribution in [0.2, 0.25) is 0 Å². The molecule has 1 heterocycles. The van der Waals surface area contributed by atoms with Gasteiger partial charge in [-0.1, -0.05) is 18.2 Å². The van der Waals surface area contributed by atoms with Crippen LogP contribution in [0.1, 0.15) is 21.6 Å². The zero-order chi connectivity index (χ0) is 18.8. The molecule has 0 saturated heterocycles. The van der Waals surface area contributed by atoms with E-state index in [2.05, 4.69) is 25.9 Å². The number of guanidine groups is 1. The van der Waals surface area contributed by atoms with E-state index in [-0.39, 0.29) is 29.9 Å². The summed E-state index contributed by atoms with van der Waals surface area (Å²) in [5, 5.41) is 9.11. The van der Waals surface area contributed by atoms with Crippen molar-refractivity contribution in [1.82, 2.24) is 20.9 Å². The molecule has 146 valence electrons. The number of nitrogens with zero attached hydrogens (tertiary/aromatic N) is 2. The Hall–Kier alpha value is -2.36. The molecule has 0 fully saturated rings. The quantitative estimate of drug-likeness (QED) is 0.319. The number of rotatable bonds is 7. The number of aliphatic imine (C=N–C) groups is 1. The van der Waals surface area contributed by atoms with E-state index in [0.717, 1.165) is 17.7 Å². The van der Waals surface area contributed by atoms with Gasteiger partial charge in [-0.05, 0) is 30.2 Å². The number of hydrogen-bond acceptors (Lipinski definition) is 4. The number of nitrogens with one attached hydrogen (secondary N) is 3. The highest BCUT2D eigenvalue weighted by Gasteiger charge is 2.04. The lowest BCUT2D eigenvalue weighted by atomic mass is 10.1. The third kappa shape index (κ3) is 7.41. The first-order chi connectivity index (χ1) is 12.7. The molecule has 7 nitrogen and oxygen atoms in total. The summed E-state index contributed by atoms with van der Waals surface area (Å²) in [4.78, 5) is 20.3. The maximum absolute atomic E-state index is 11.7. The molecule has 0 atom stereocenters. The van der Waals surface area contributed by atoms with Crippen LogP contribution in [0.4, 0.5) is 0 Å². The highest BCUT2D eigenvalue weighted by molar-refractivity contribution is 14.0. The smallest absolute Gasteiger partial charge is 0.251 e. The highest BCUT2D eigenvalue weighted by atomic mass is 127. The molecule has 0 aliphatic rings. The molecule has 0 spiro atoms. The molecule has 1 amide bonds. The van der Waals surface area contributed by atoms with E-state index in [1.165, 1.54) is 0 Å². The monoisotopic (exact) mass is 483 g/mol. The third-order valence-electron chi connectivity index (χ3n) is 3.77. The zero-order valence-corrected chi connectivity index (χ0v) is 18.1. The SMILES string of the molecule is CN=C(NCCc1cccc(C(=O)NC)c1)NCc1cccc(OC)n1.I. The van der Waals surface area contributed by atoms with Crippen molar-refractivity contribution in [1.29, 1.82) is 0 Å². The second-order valence-corrected chi connectivity index (χ2v) is 5.55. The molecule has 8 heteroatoms. The number of amides is 1. The summed E-state index contributed by atoms with van der Waals surface area (Å²) in [7, 11) is 4.95. The van der Waals surface area contributed by atoms with Gasteiger partial charge in [0.25, 0.3) is 5.91 Å². The van der Waals surface area contributed by atoms with Crippen LogP contribution in [-0.2, 0) is 13.0 Å². The topological polar surface area (TPSA) is 87.6 Å². The van der Waals surface area contributed by atoms with Gasteiger partial charge < -0.3 is 20.7 Å². The second-order valence-electron chi connectivity index (χ2n) is 5.55. The Bertz CT molecular complexity index is 767. The Balaban J connectivity index is 0.00000364. The van der Waals surface area contributed by atoms with E-state index in [1.807, 2.05) is 36.4 Å². The first kappa shape index (κ1) is 22.7. The lowest BCUT2D eigenvalue weighted by Crippen LogP contribution is -2.38. The average molecular weight is 483 g/mol. The minimum absolute atomic E-state index is 0. The van der Waals surface area contributed by atoms with Crippen molar-refractivity contribution < 1.29 is 9.53 Å². The van der Waals surface area contributed by atoms with Gasteiger partial charge >= 0.3 is 0 Å². The molecule has 2 aromatic rings. The second kappa shape index (κ2) is 12.1. The minimum atomic E-state index is -0.0805. The number of halogens is 1. The first-order valence-electron chi connectivity index (χ1n) is 8.41. The van der Waals surface area contributed by atoms with Crippen molar-refractivity contribution in [2.24, 2.45) is 4.99 Å². The predicted octanol–water partition coefficient (Wildman–Crippen LogP) is 1.98. The van der Waals surface area contributed by atoms with Crippen molar-refractivity contribution in [3.8, 4) is 5.88 Å². The maximum atomic E-state index is 11.7. The Morgan fingerprint density at radius 2 is 1.96 bits per heavy atom.